The van der Waals surface area contributed by atoms with Gasteiger partial charge in [0.15, 0.2) is 0 Å². The first kappa shape index (κ1) is 14.2. The summed E-state index contributed by atoms with van der Waals surface area (Å²) in [5, 5.41) is 13.5. The van der Waals surface area contributed by atoms with Crippen LogP contribution >= 0.6 is 15.9 Å². The first-order valence-corrected chi connectivity index (χ1v) is 6.26. The summed E-state index contributed by atoms with van der Waals surface area (Å²) in [6, 6.07) is 6.33. The summed E-state index contributed by atoms with van der Waals surface area (Å²) in [5.41, 5.74) is -0.174. The lowest BCUT2D eigenvalue weighted by molar-refractivity contribution is -0.384. The van der Waals surface area contributed by atoms with Crippen molar-refractivity contribution in [2.45, 2.75) is 0 Å². The third-order valence-electron chi connectivity index (χ3n) is 2.36. The van der Waals surface area contributed by atoms with E-state index in [-0.39, 0.29) is 23.1 Å². The smallest absolute Gasteiger partial charge is 0.278 e. The molecule has 6 nitrogen and oxygen atoms in total. The number of nitro groups is 1. The fraction of sp³-hybridized carbons (Fsp3) is 0.0833. The number of pyridine rings is 1. The predicted octanol–water partition coefficient (Wildman–Crippen LogP) is 3.73. The maximum atomic E-state index is 13.2. The number of anilines is 1. The molecule has 2 rings (SSSR count). The van der Waals surface area contributed by atoms with E-state index in [4.69, 9.17) is 4.74 Å². The van der Waals surface area contributed by atoms with E-state index in [0.717, 1.165) is 12.1 Å². The molecule has 0 atom stereocenters. The number of nitrogens with zero attached hydrogens (tertiary/aromatic N) is 2. The van der Waals surface area contributed by atoms with Gasteiger partial charge < -0.3 is 10.1 Å². The topological polar surface area (TPSA) is 77.3 Å². The zero-order chi connectivity index (χ0) is 14.7. The number of hydrogen-bond acceptors (Lipinski definition) is 5. The summed E-state index contributed by atoms with van der Waals surface area (Å²) in [6.07, 6.45) is 0. The average molecular weight is 342 g/mol. The molecule has 0 amide bonds. The van der Waals surface area contributed by atoms with E-state index in [1.807, 2.05) is 0 Å². The van der Waals surface area contributed by atoms with Gasteiger partial charge in [-0.3, -0.25) is 10.1 Å². The van der Waals surface area contributed by atoms with Crippen LogP contribution in [-0.4, -0.2) is 17.0 Å². The van der Waals surface area contributed by atoms with Crippen LogP contribution in [0.3, 0.4) is 0 Å². The van der Waals surface area contributed by atoms with Crippen LogP contribution in [-0.2, 0) is 0 Å². The minimum atomic E-state index is -0.560. The molecule has 2 aromatic rings. The van der Waals surface area contributed by atoms with Crippen LogP contribution in [0.15, 0.2) is 34.8 Å². The van der Waals surface area contributed by atoms with Gasteiger partial charge in [-0.25, -0.2) is 4.39 Å². The summed E-state index contributed by atoms with van der Waals surface area (Å²) in [4.78, 5) is 14.3. The Balaban J connectivity index is 2.39. The normalized spacial score (nSPS) is 10.2. The molecule has 8 heteroatoms. The third-order valence-corrected chi connectivity index (χ3v) is 3.02. The molecule has 0 saturated carbocycles. The quantitative estimate of drug-likeness (QED) is 0.677. The Morgan fingerprint density at radius 2 is 2.15 bits per heavy atom. The second-order valence-electron chi connectivity index (χ2n) is 3.73. The SMILES string of the molecule is CNc1cc([N+](=O)[O-])cc(Oc2cc(F)ccc2Br)n1. The van der Waals surface area contributed by atoms with Gasteiger partial charge in [-0.2, -0.15) is 4.98 Å². The molecule has 0 aliphatic carbocycles. The Morgan fingerprint density at radius 3 is 2.80 bits per heavy atom. The third kappa shape index (κ3) is 3.21. The summed E-state index contributed by atoms with van der Waals surface area (Å²) in [5.74, 6) is -0.0286. The van der Waals surface area contributed by atoms with Gasteiger partial charge in [0.25, 0.3) is 5.69 Å². The van der Waals surface area contributed by atoms with E-state index >= 15 is 0 Å². The minimum absolute atomic E-state index is 0.00477. The lowest BCUT2D eigenvalue weighted by Crippen LogP contribution is -1.98. The largest absolute Gasteiger partial charge is 0.437 e. The Hall–Kier alpha value is -2.22. The van der Waals surface area contributed by atoms with Gasteiger partial charge in [-0.15, -0.1) is 0 Å². The van der Waals surface area contributed by atoms with E-state index in [1.165, 1.54) is 18.2 Å². The molecule has 104 valence electrons. The van der Waals surface area contributed by atoms with Crippen LogP contribution in [0, 0.1) is 15.9 Å². The fourth-order valence-corrected chi connectivity index (χ4v) is 1.77. The van der Waals surface area contributed by atoms with E-state index in [1.54, 1.807) is 7.05 Å². The number of hydrogen-bond donors (Lipinski definition) is 1. The number of halogens is 2. The number of rotatable bonds is 4. The molecule has 0 aliphatic heterocycles. The molecule has 1 heterocycles. The van der Waals surface area contributed by atoms with E-state index < -0.39 is 10.7 Å². The average Bonchev–Trinajstić information content (AvgIpc) is 2.42. The van der Waals surface area contributed by atoms with Crippen molar-refractivity contribution in [3.63, 3.8) is 0 Å². The van der Waals surface area contributed by atoms with Crippen LogP contribution in [0.2, 0.25) is 0 Å². The molecular formula is C12H9BrFN3O3. The van der Waals surface area contributed by atoms with Crippen molar-refractivity contribution >= 4 is 27.4 Å². The van der Waals surface area contributed by atoms with Gasteiger partial charge in [0.05, 0.1) is 21.5 Å². The lowest BCUT2D eigenvalue weighted by Gasteiger charge is -2.08. The summed E-state index contributed by atoms with van der Waals surface area (Å²) >= 11 is 3.20. The summed E-state index contributed by atoms with van der Waals surface area (Å²) in [7, 11) is 1.58. The highest BCUT2D eigenvalue weighted by Crippen LogP contribution is 2.31. The van der Waals surface area contributed by atoms with Crippen LogP contribution < -0.4 is 10.1 Å². The molecule has 0 fully saturated rings. The highest BCUT2D eigenvalue weighted by molar-refractivity contribution is 9.10. The van der Waals surface area contributed by atoms with Gasteiger partial charge in [0.2, 0.25) is 5.88 Å². The van der Waals surface area contributed by atoms with Gasteiger partial charge in [-0.05, 0) is 28.1 Å². The van der Waals surface area contributed by atoms with Crippen molar-refractivity contribution in [1.82, 2.24) is 4.98 Å². The molecular weight excluding hydrogens is 333 g/mol. The van der Waals surface area contributed by atoms with E-state index in [2.05, 4.69) is 26.2 Å². The lowest BCUT2D eigenvalue weighted by atomic mass is 10.3. The standard InChI is InChI=1S/C12H9BrFN3O3/c1-15-11-5-8(17(18)19)6-12(16-11)20-10-4-7(14)2-3-9(10)13/h2-6H,1H3,(H,15,16). The first-order valence-electron chi connectivity index (χ1n) is 5.46. The predicted molar refractivity (Wildman–Crippen MR) is 74.6 cm³/mol. The highest BCUT2D eigenvalue weighted by Gasteiger charge is 2.13. The van der Waals surface area contributed by atoms with Gasteiger partial charge in [0, 0.05) is 13.1 Å². The number of nitrogens with one attached hydrogen (secondary N) is 1. The Morgan fingerprint density at radius 1 is 1.40 bits per heavy atom. The molecule has 20 heavy (non-hydrogen) atoms. The molecule has 0 radical (unpaired) electrons. The van der Waals surface area contributed by atoms with E-state index in [0.29, 0.717) is 4.47 Å². The second-order valence-corrected chi connectivity index (χ2v) is 4.59. The monoisotopic (exact) mass is 341 g/mol. The Bertz CT molecular complexity index is 666. The maximum absolute atomic E-state index is 13.2. The fourth-order valence-electron chi connectivity index (χ4n) is 1.45. The molecule has 0 saturated heterocycles. The van der Waals surface area contributed by atoms with Crippen molar-refractivity contribution in [2.75, 3.05) is 12.4 Å². The number of benzene rings is 1. The zero-order valence-electron chi connectivity index (χ0n) is 10.3. The minimum Gasteiger partial charge on any atom is -0.437 e. The van der Waals surface area contributed by atoms with Crippen molar-refractivity contribution in [3.05, 3.63) is 50.7 Å². The highest BCUT2D eigenvalue weighted by atomic mass is 79.9. The Kier molecular flexibility index (Phi) is 4.14. The molecule has 1 aromatic carbocycles. The summed E-state index contributed by atoms with van der Waals surface area (Å²) in [6.45, 7) is 0. The van der Waals surface area contributed by atoms with Crippen molar-refractivity contribution in [3.8, 4) is 11.6 Å². The van der Waals surface area contributed by atoms with Crippen molar-refractivity contribution in [1.29, 1.82) is 0 Å². The van der Waals surface area contributed by atoms with Gasteiger partial charge in [0.1, 0.15) is 17.4 Å². The first-order chi connectivity index (χ1) is 9.49. The molecule has 1 N–H and O–H groups in total. The summed E-state index contributed by atoms with van der Waals surface area (Å²) < 4.78 is 19.1. The van der Waals surface area contributed by atoms with Gasteiger partial charge in [-0.1, -0.05) is 0 Å². The number of aromatic nitrogens is 1. The molecule has 0 spiro atoms. The van der Waals surface area contributed by atoms with Gasteiger partial charge >= 0.3 is 0 Å². The van der Waals surface area contributed by atoms with Crippen molar-refractivity contribution < 1.29 is 14.1 Å². The molecule has 1 aromatic heterocycles. The van der Waals surface area contributed by atoms with Crippen LogP contribution in [0.1, 0.15) is 0 Å². The van der Waals surface area contributed by atoms with Crippen LogP contribution in [0.4, 0.5) is 15.9 Å². The van der Waals surface area contributed by atoms with Crippen LogP contribution in [0.5, 0.6) is 11.6 Å². The molecule has 0 unspecified atom stereocenters. The maximum Gasteiger partial charge on any atom is 0.278 e. The van der Waals surface area contributed by atoms with Crippen LogP contribution in [0.25, 0.3) is 0 Å². The van der Waals surface area contributed by atoms with Crippen molar-refractivity contribution in [2.24, 2.45) is 0 Å². The van der Waals surface area contributed by atoms with E-state index in [9.17, 15) is 14.5 Å². The molecule has 0 bridgehead atoms. The molecule has 0 aliphatic rings. The second kappa shape index (κ2) is 5.83. The number of ether oxygens (including phenoxy) is 1. The Labute approximate surface area is 121 Å². The zero-order valence-corrected chi connectivity index (χ0v) is 11.8.